The minimum absolute atomic E-state index is 0.276. The van der Waals surface area contributed by atoms with E-state index in [1.807, 2.05) is 20.8 Å². The number of nitrogens with one attached hydrogen (secondary N) is 1. The monoisotopic (exact) mass is 359 g/mol. The van der Waals surface area contributed by atoms with Gasteiger partial charge in [-0.05, 0) is 40.2 Å². The van der Waals surface area contributed by atoms with E-state index in [-0.39, 0.29) is 11.9 Å². The number of aryl methyl sites for hydroxylation is 4. The normalized spacial score (nSPS) is 21.0. The molecule has 0 aliphatic carbocycles. The highest BCUT2D eigenvalue weighted by Crippen LogP contribution is 2.19. The first-order chi connectivity index (χ1) is 12.3. The van der Waals surface area contributed by atoms with Crippen LogP contribution < -0.4 is 5.32 Å². The summed E-state index contributed by atoms with van der Waals surface area (Å²) in [5, 5.41) is 17.4. The molecular weight excluding hydrogens is 334 g/mol. The number of β-amino-alcohol motifs (C(OH)–C–C–N with tert-alkyl or cyclic N) is 1. The summed E-state index contributed by atoms with van der Waals surface area (Å²) in [6.07, 6.45) is 0.0245. The average Bonchev–Trinajstić information content (AvgIpc) is 2.88. The van der Waals surface area contributed by atoms with Crippen LogP contribution in [0.15, 0.2) is 10.6 Å². The van der Waals surface area contributed by atoms with Crippen molar-refractivity contribution in [3.63, 3.8) is 0 Å². The number of carbonyl (C=O) groups is 1. The van der Waals surface area contributed by atoms with Gasteiger partial charge in [-0.25, -0.2) is 9.97 Å². The number of aliphatic hydroxyl groups is 1. The van der Waals surface area contributed by atoms with Crippen LogP contribution in [-0.4, -0.2) is 56.3 Å². The lowest BCUT2D eigenvalue weighted by molar-refractivity contribution is 0.0346. The first-order valence-corrected chi connectivity index (χ1v) is 8.79. The van der Waals surface area contributed by atoms with Gasteiger partial charge in [0.05, 0.1) is 17.8 Å². The van der Waals surface area contributed by atoms with Crippen LogP contribution in [0.5, 0.6) is 0 Å². The van der Waals surface area contributed by atoms with Crippen LogP contribution in [0.2, 0.25) is 0 Å². The summed E-state index contributed by atoms with van der Waals surface area (Å²) in [6, 6.07) is 1.36. The fourth-order valence-corrected chi connectivity index (χ4v) is 3.34. The molecule has 0 saturated carbocycles. The lowest BCUT2D eigenvalue weighted by Gasteiger charge is -2.36. The van der Waals surface area contributed by atoms with Crippen LogP contribution in [0.3, 0.4) is 0 Å². The van der Waals surface area contributed by atoms with Gasteiger partial charge >= 0.3 is 0 Å². The zero-order chi connectivity index (χ0) is 18.8. The number of amides is 1. The molecule has 3 rings (SSSR count). The lowest BCUT2D eigenvalue weighted by atomic mass is 10.0. The van der Waals surface area contributed by atoms with Crippen molar-refractivity contribution in [3.8, 4) is 0 Å². The number of likely N-dealkylation sites (tertiary alicyclic amines) is 1. The zero-order valence-corrected chi connectivity index (χ0v) is 15.6. The molecule has 2 aromatic rings. The molecule has 8 heteroatoms. The van der Waals surface area contributed by atoms with Crippen molar-refractivity contribution >= 4 is 5.91 Å². The van der Waals surface area contributed by atoms with Crippen molar-refractivity contribution in [2.75, 3.05) is 13.1 Å². The van der Waals surface area contributed by atoms with E-state index in [0.29, 0.717) is 31.0 Å². The average molecular weight is 359 g/mol. The molecule has 1 amide bonds. The Morgan fingerprint density at radius 3 is 2.73 bits per heavy atom. The summed E-state index contributed by atoms with van der Waals surface area (Å²) >= 11 is 0. The van der Waals surface area contributed by atoms with Gasteiger partial charge in [0.1, 0.15) is 17.3 Å². The summed E-state index contributed by atoms with van der Waals surface area (Å²) in [6.45, 7) is 9.33. The Morgan fingerprint density at radius 1 is 1.35 bits per heavy atom. The van der Waals surface area contributed by atoms with Crippen LogP contribution in [0.1, 0.15) is 45.4 Å². The smallest absolute Gasteiger partial charge is 0.270 e. The van der Waals surface area contributed by atoms with E-state index < -0.39 is 6.10 Å². The molecule has 1 saturated heterocycles. The molecule has 0 radical (unpaired) electrons. The second-order valence-electron chi connectivity index (χ2n) is 6.92. The minimum atomic E-state index is -0.641. The zero-order valence-electron chi connectivity index (χ0n) is 15.6. The summed E-state index contributed by atoms with van der Waals surface area (Å²) in [4.78, 5) is 22.9. The van der Waals surface area contributed by atoms with Gasteiger partial charge < -0.3 is 14.9 Å². The van der Waals surface area contributed by atoms with Gasteiger partial charge in [-0.3, -0.25) is 9.69 Å². The van der Waals surface area contributed by atoms with Crippen molar-refractivity contribution < 1.29 is 14.4 Å². The minimum Gasteiger partial charge on any atom is -0.390 e. The summed E-state index contributed by atoms with van der Waals surface area (Å²) in [5.41, 5.74) is 3.02. The molecule has 3 heterocycles. The number of piperidine rings is 1. The summed E-state index contributed by atoms with van der Waals surface area (Å²) in [7, 11) is 0. The van der Waals surface area contributed by atoms with E-state index >= 15 is 0 Å². The predicted molar refractivity (Wildman–Crippen MR) is 94.6 cm³/mol. The number of nitrogens with zero attached hydrogens (tertiary/aromatic N) is 4. The third-order valence-electron chi connectivity index (χ3n) is 4.74. The van der Waals surface area contributed by atoms with Crippen LogP contribution in [0.25, 0.3) is 0 Å². The molecule has 2 atom stereocenters. The molecule has 2 aromatic heterocycles. The molecule has 26 heavy (non-hydrogen) atoms. The van der Waals surface area contributed by atoms with Crippen molar-refractivity contribution in [2.24, 2.45) is 0 Å². The Bertz CT molecular complexity index is 764. The quantitative estimate of drug-likeness (QED) is 0.841. The van der Waals surface area contributed by atoms with Gasteiger partial charge in [0.15, 0.2) is 0 Å². The molecule has 8 nitrogen and oxygen atoms in total. The fraction of sp³-hybridized carbons (Fsp3) is 0.556. The van der Waals surface area contributed by atoms with E-state index in [1.165, 1.54) is 0 Å². The molecule has 0 unspecified atom stereocenters. The first kappa shape index (κ1) is 18.5. The van der Waals surface area contributed by atoms with Gasteiger partial charge in [-0.15, -0.1) is 0 Å². The number of aliphatic hydroxyl groups excluding tert-OH is 1. The lowest BCUT2D eigenvalue weighted by Crippen LogP contribution is -2.53. The molecule has 1 aliphatic heterocycles. The van der Waals surface area contributed by atoms with Crippen molar-refractivity contribution in [1.29, 1.82) is 0 Å². The molecule has 0 aromatic carbocycles. The predicted octanol–water partition coefficient (Wildman–Crippen LogP) is 1.06. The highest BCUT2D eigenvalue weighted by Gasteiger charge is 2.30. The Hall–Kier alpha value is -2.32. The van der Waals surface area contributed by atoms with E-state index in [0.717, 1.165) is 29.3 Å². The maximum atomic E-state index is 12.4. The Labute approximate surface area is 152 Å². The van der Waals surface area contributed by atoms with Crippen LogP contribution in [-0.2, 0) is 6.54 Å². The third kappa shape index (κ3) is 4.08. The number of carbonyl (C=O) groups excluding carboxylic acids is 1. The first-order valence-electron chi connectivity index (χ1n) is 8.79. The van der Waals surface area contributed by atoms with E-state index in [2.05, 4.69) is 25.3 Å². The SMILES string of the molecule is Cc1cc(C(=O)N[C@@H]2CCN(Cc3c(C)noc3C)C[C@H]2O)nc(C)n1. The molecule has 140 valence electrons. The molecule has 2 N–H and O–H groups in total. The Balaban J connectivity index is 1.59. The van der Waals surface area contributed by atoms with Gasteiger partial charge in [0.25, 0.3) is 5.91 Å². The van der Waals surface area contributed by atoms with E-state index in [4.69, 9.17) is 4.52 Å². The standard InChI is InChI=1S/C18H25N5O3/c1-10-7-16(20-13(4)19-10)18(25)21-15-5-6-23(9-17(15)24)8-14-11(2)22-26-12(14)3/h7,15,17,24H,5-6,8-9H2,1-4H3,(H,21,25)/t15-,17-/m1/s1. The van der Waals surface area contributed by atoms with Crippen LogP contribution in [0, 0.1) is 27.7 Å². The number of hydrogen-bond acceptors (Lipinski definition) is 7. The van der Waals surface area contributed by atoms with Gasteiger partial charge in [0.2, 0.25) is 0 Å². The topological polar surface area (TPSA) is 104 Å². The van der Waals surface area contributed by atoms with Crippen molar-refractivity contribution in [1.82, 2.24) is 25.3 Å². The van der Waals surface area contributed by atoms with Gasteiger partial charge in [-0.1, -0.05) is 5.16 Å². The summed E-state index contributed by atoms with van der Waals surface area (Å²) < 4.78 is 5.20. The van der Waals surface area contributed by atoms with E-state index in [9.17, 15) is 9.90 Å². The molecule has 0 spiro atoms. The second kappa shape index (κ2) is 7.51. The molecule has 0 bridgehead atoms. The Morgan fingerprint density at radius 2 is 2.12 bits per heavy atom. The van der Waals surface area contributed by atoms with Crippen LogP contribution in [0.4, 0.5) is 0 Å². The largest absolute Gasteiger partial charge is 0.390 e. The highest BCUT2D eigenvalue weighted by molar-refractivity contribution is 5.92. The highest BCUT2D eigenvalue weighted by atomic mass is 16.5. The van der Waals surface area contributed by atoms with Crippen LogP contribution >= 0.6 is 0 Å². The van der Waals surface area contributed by atoms with Crippen molar-refractivity contribution in [2.45, 2.75) is 52.8 Å². The maximum absolute atomic E-state index is 12.4. The number of aromatic nitrogens is 3. The summed E-state index contributed by atoms with van der Waals surface area (Å²) in [5.74, 6) is 1.09. The van der Waals surface area contributed by atoms with Crippen molar-refractivity contribution in [3.05, 3.63) is 40.3 Å². The number of hydrogen-bond donors (Lipinski definition) is 2. The maximum Gasteiger partial charge on any atom is 0.270 e. The van der Waals surface area contributed by atoms with Gasteiger partial charge in [0, 0.05) is 30.9 Å². The third-order valence-corrected chi connectivity index (χ3v) is 4.74. The molecular formula is C18H25N5O3. The molecule has 1 aliphatic rings. The van der Waals surface area contributed by atoms with Gasteiger partial charge in [-0.2, -0.15) is 0 Å². The Kier molecular flexibility index (Phi) is 5.33. The molecule has 1 fully saturated rings. The second-order valence-corrected chi connectivity index (χ2v) is 6.92. The fourth-order valence-electron chi connectivity index (χ4n) is 3.34. The van der Waals surface area contributed by atoms with E-state index in [1.54, 1.807) is 13.0 Å². The number of rotatable bonds is 4.